The van der Waals surface area contributed by atoms with E-state index in [1.54, 1.807) is 0 Å². The van der Waals surface area contributed by atoms with Gasteiger partial charge in [-0.3, -0.25) is 4.57 Å². The summed E-state index contributed by atoms with van der Waals surface area (Å²) in [6.45, 7) is 4.43. The van der Waals surface area contributed by atoms with Crippen molar-refractivity contribution in [2.75, 3.05) is 25.1 Å². The van der Waals surface area contributed by atoms with Gasteiger partial charge in [-0.25, -0.2) is 4.98 Å². The van der Waals surface area contributed by atoms with Crippen LogP contribution >= 0.6 is 22.6 Å². The van der Waals surface area contributed by atoms with Crippen molar-refractivity contribution in [1.29, 1.82) is 0 Å². The molecule has 0 saturated heterocycles. The Morgan fingerprint density at radius 2 is 2.21 bits per heavy atom. The Hall–Kier alpha value is -1.08. The molecule has 19 heavy (non-hydrogen) atoms. The summed E-state index contributed by atoms with van der Waals surface area (Å²) in [6.07, 6.45) is 4.77. The molecular weight excluding hydrogens is 353 g/mol. The monoisotopic (exact) mass is 371 g/mol. The van der Waals surface area contributed by atoms with Gasteiger partial charge >= 0.3 is 0 Å². The smallest absolute Gasteiger partial charge is 0.207 e. The van der Waals surface area contributed by atoms with Crippen molar-refractivity contribution in [2.45, 2.75) is 13.3 Å². The first-order valence-electron chi connectivity index (χ1n) is 6.42. The molecule has 0 spiro atoms. The van der Waals surface area contributed by atoms with Gasteiger partial charge in [0.1, 0.15) is 0 Å². The Kier molecular flexibility index (Phi) is 5.65. The standard InChI is InChI=1S/C14H18IN3O/c1-2-19-11-5-8-16-14-17-9-10-18(14)13-7-4-3-6-12(13)15/h3-4,6-7,9-10H,2,5,8,11H2,1H3,(H,16,17). The maximum atomic E-state index is 5.32. The number of nitrogens with one attached hydrogen (secondary N) is 1. The summed E-state index contributed by atoms with van der Waals surface area (Å²) in [6, 6.07) is 8.26. The van der Waals surface area contributed by atoms with Crippen molar-refractivity contribution in [2.24, 2.45) is 0 Å². The van der Waals surface area contributed by atoms with Crippen LogP contribution in [-0.2, 0) is 4.74 Å². The normalized spacial score (nSPS) is 10.6. The van der Waals surface area contributed by atoms with Crippen LogP contribution in [-0.4, -0.2) is 29.3 Å². The van der Waals surface area contributed by atoms with Crippen molar-refractivity contribution >= 4 is 28.5 Å². The fourth-order valence-electron chi connectivity index (χ4n) is 1.79. The van der Waals surface area contributed by atoms with Gasteiger partial charge in [-0.05, 0) is 48.1 Å². The molecule has 2 aromatic rings. The lowest BCUT2D eigenvalue weighted by Crippen LogP contribution is -2.10. The molecule has 0 aliphatic rings. The first kappa shape index (κ1) is 14.3. The average molecular weight is 371 g/mol. The maximum Gasteiger partial charge on any atom is 0.207 e. The molecule has 2 rings (SSSR count). The van der Waals surface area contributed by atoms with Crippen molar-refractivity contribution in [3.05, 3.63) is 40.2 Å². The number of anilines is 1. The SMILES string of the molecule is CCOCCCNc1nccn1-c1ccccc1I. The Labute approximate surface area is 127 Å². The van der Waals surface area contributed by atoms with E-state index in [0.29, 0.717) is 0 Å². The third kappa shape index (κ3) is 3.94. The van der Waals surface area contributed by atoms with E-state index in [-0.39, 0.29) is 0 Å². The lowest BCUT2D eigenvalue weighted by atomic mass is 10.3. The van der Waals surface area contributed by atoms with Crippen LogP contribution in [0.4, 0.5) is 5.95 Å². The first-order chi connectivity index (χ1) is 9.33. The van der Waals surface area contributed by atoms with Crippen LogP contribution in [0, 0.1) is 3.57 Å². The van der Waals surface area contributed by atoms with Crippen molar-refractivity contribution < 1.29 is 4.74 Å². The van der Waals surface area contributed by atoms with Crippen LogP contribution in [0.15, 0.2) is 36.7 Å². The highest BCUT2D eigenvalue weighted by Gasteiger charge is 2.06. The van der Waals surface area contributed by atoms with Crippen LogP contribution in [0.25, 0.3) is 5.69 Å². The van der Waals surface area contributed by atoms with Crippen LogP contribution in [0.2, 0.25) is 0 Å². The van der Waals surface area contributed by atoms with E-state index in [0.717, 1.165) is 37.8 Å². The van der Waals surface area contributed by atoms with Crippen molar-refractivity contribution in [3.8, 4) is 5.69 Å². The minimum Gasteiger partial charge on any atom is -0.382 e. The minimum atomic E-state index is 0.775. The predicted octanol–water partition coefficient (Wildman–Crippen LogP) is 3.32. The summed E-state index contributed by atoms with van der Waals surface area (Å²) >= 11 is 2.34. The van der Waals surface area contributed by atoms with Gasteiger partial charge in [-0.2, -0.15) is 0 Å². The molecule has 0 amide bonds. The summed E-state index contributed by atoms with van der Waals surface area (Å²) in [5, 5.41) is 3.35. The molecule has 0 unspecified atom stereocenters. The maximum absolute atomic E-state index is 5.32. The third-order valence-corrected chi connectivity index (χ3v) is 3.62. The highest BCUT2D eigenvalue weighted by atomic mass is 127. The molecule has 1 aromatic carbocycles. The molecule has 1 heterocycles. The van der Waals surface area contributed by atoms with E-state index in [1.807, 2.05) is 31.5 Å². The Morgan fingerprint density at radius 1 is 1.37 bits per heavy atom. The summed E-state index contributed by atoms with van der Waals surface area (Å²) < 4.78 is 8.59. The molecule has 4 nitrogen and oxygen atoms in total. The second-order valence-electron chi connectivity index (χ2n) is 4.05. The van der Waals surface area contributed by atoms with Crippen LogP contribution < -0.4 is 5.32 Å². The van der Waals surface area contributed by atoms with Crippen LogP contribution in [0.1, 0.15) is 13.3 Å². The number of aromatic nitrogens is 2. The molecular formula is C14H18IN3O. The zero-order valence-electron chi connectivity index (χ0n) is 11.0. The Balaban J connectivity index is 2.00. The number of hydrogen-bond donors (Lipinski definition) is 1. The fourth-order valence-corrected chi connectivity index (χ4v) is 2.44. The van der Waals surface area contributed by atoms with Crippen molar-refractivity contribution in [3.63, 3.8) is 0 Å². The summed E-state index contributed by atoms with van der Waals surface area (Å²) in [4.78, 5) is 4.36. The zero-order valence-corrected chi connectivity index (χ0v) is 13.1. The second-order valence-corrected chi connectivity index (χ2v) is 5.21. The van der Waals surface area contributed by atoms with E-state index >= 15 is 0 Å². The van der Waals surface area contributed by atoms with Gasteiger partial charge in [0.25, 0.3) is 0 Å². The molecule has 1 aromatic heterocycles. The summed E-state index contributed by atoms with van der Waals surface area (Å²) in [7, 11) is 0. The van der Waals surface area contributed by atoms with E-state index in [9.17, 15) is 0 Å². The van der Waals surface area contributed by atoms with Crippen LogP contribution in [0.5, 0.6) is 0 Å². The molecule has 1 N–H and O–H groups in total. The number of imidazole rings is 1. The largest absolute Gasteiger partial charge is 0.382 e. The van der Waals surface area contributed by atoms with Crippen molar-refractivity contribution in [1.82, 2.24) is 9.55 Å². The number of halogens is 1. The highest BCUT2D eigenvalue weighted by Crippen LogP contribution is 2.20. The predicted molar refractivity (Wildman–Crippen MR) is 85.9 cm³/mol. The molecule has 0 saturated carbocycles. The number of benzene rings is 1. The lowest BCUT2D eigenvalue weighted by Gasteiger charge is -2.11. The third-order valence-electron chi connectivity index (χ3n) is 2.71. The van der Waals surface area contributed by atoms with Gasteiger partial charge in [0.15, 0.2) is 0 Å². The Bertz CT molecular complexity index is 513. The van der Waals surface area contributed by atoms with E-state index in [4.69, 9.17) is 4.74 Å². The molecule has 0 atom stereocenters. The quantitative estimate of drug-likeness (QED) is 0.600. The number of hydrogen-bond acceptors (Lipinski definition) is 3. The number of para-hydroxylation sites is 1. The van der Waals surface area contributed by atoms with Gasteiger partial charge in [-0.15, -0.1) is 0 Å². The molecule has 0 aliphatic carbocycles. The van der Waals surface area contributed by atoms with Gasteiger partial charge < -0.3 is 10.1 Å². The first-order valence-corrected chi connectivity index (χ1v) is 7.50. The molecule has 102 valence electrons. The van der Waals surface area contributed by atoms with Gasteiger partial charge in [0.2, 0.25) is 5.95 Å². The number of nitrogens with zero attached hydrogens (tertiary/aromatic N) is 2. The van der Waals surface area contributed by atoms with Gasteiger partial charge in [-0.1, -0.05) is 12.1 Å². The number of rotatable bonds is 7. The lowest BCUT2D eigenvalue weighted by molar-refractivity contribution is 0.147. The molecule has 0 bridgehead atoms. The minimum absolute atomic E-state index is 0.775. The van der Waals surface area contributed by atoms with Gasteiger partial charge in [0.05, 0.1) is 5.69 Å². The number of ether oxygens (including phenoxy) is 1. The highest BCUT2D eigenvalue weighted by molar-refractivity contribution is 14.1. The summed E-state index contributed by atoms with van der Waals surface area (Å²) in [5.41, 5.74) is 1.15. The molecule has 0 radical (unpaired) electrons. The zero-order chi connectivity index (χ0) is 13.5. The Morgan fingerprint density at radius 3 is 3.00 bits per heavy atom. The molecule has 0 fully saturated rings. The molecule has 0 aliphatic heterocycles. The summed E-state index contributed by atoms with van der Waals surface area (Å²) in [5.74, 6) is 0.876. The van der Waals surface area contributed by atoms with E-state index in [2.05, 4.69) is 49.6 Å². The topological polar surface area (TPSA) is 39.1 Å². The fraction of sp³-hybridized carbons (Fsp3) is 0.357. The molecule has 5 heteroatoms. The van der Waals surface area contributed by atoms with E-state index < -0.39 is 0 Å². The van der Waals surface area contributed by atoms with Crippen LogP contribution in [0.3, 0.4) is 0 Å². The average Bonchev–Trinajstić information content (AvgIpc) is 2.87. The second kappa shape index (κ2) is 7.49. The van der Waals surface area contributed by atoms with E-state index in [1.165, 1.54) is 3.57 Å². The van der Waals surface area contributed by atoms with Gasteiger partial charge in [0, 0.05) is 35.7 Å².